The summed E-state index contributed by atoms with van der Waals surface area (Å²) in [7, 11) is 0. The molecule has 2 aromatic rings. The first-order valence-corrected chi connectivity index (χ1v) is 7.04. The average Bonchev–Trinajstić information content (AvgIpc) is 2.82. The molecule has 3 rings (SSSR count). The summed E-state index contributed by atoms with van der Waals surface area (Å²) in [5.74, 6) is 0.276. The minimum atomic E-state index is -0.0770. The average molecular weight is 266 g/mol. The fraction of sp³-hybridized carbons (Fsp3) is 0.278. The molecule has 1 saturated heterocycles. The molecule has 1 heterocycles. The molecule has 0 saturated carbocycles. The minimum Gasteiger partial charge on any atom is -0.465 e. The quantitative estimate of drug-likeness (QED) is 0.793. The van der Waals surface area contributed by atoms with Crippen LogP contribution in [0.2, 0.25) is 0 Å². The van der Waals surface area contributed by atoms with Crippen molar-refractivity contribution < 1.29 is 9.53 Å². The van der Waals surface area contributed by atoms with E-state index in [0.717, 1.165) is 0 Å². The number of benzene rings is 2. The van der Waals surface area contributed by atoms with Gasteiger partial charge in [-0.1, -0.05) is 67.6 Å². The number of carbonyl (C=O) groups is 1. The third-order valence-corrected chi connectivity index (χ3v) is 4.18. The summed E-state index contributed by atoms with van der Waals surface area (Å²) in [5.41, 5.74) is 2.49. The van der Waals surface area contributed by atoms with Crippen LogP contribution < -0.4 is 0 Å². The number of esters is 1. The van der Waals surface area contributed by atoms with E-state index in [2.05, 4.69) is 24.3 Å². The van der Waals surface area contributed by atoms with Gasteiger partial charge in [-0.2, -0.15) is 0 Å². The largest absolute Gasteiger partial charge is 0.465 e. The molecule has 0 aliphatic carbocycles. The van der Waals surface area contributed by atoms with Crippen LogP contribution in [0.1, 0.15) is 24.0 Å². The van der Waals surface area contributed by atoms with Crippen molar-refractivity contribution in [3.8, 4) is 0 Å². The molecular formula is C18H18O2. The van der Waals surface area contributed by atoms with Crippen LogP contribution in [-0.2, 0) is 9.53 Å². The first kappa shape index (κ1) is 12.9. The van der Waals surface area contributed by atoms with E-state index < -0.39 is 0 Å². The van der Waals surface area contributed by atoms with E-state index in [1.54, 1.807) is 0 Å². The molecule has 2 nitrogen and oxygen atoms in total. The van der Waals surface area contributed by atoms with Gasteiger partial charge in [0.1, 0.15) is 0 Å². The molecule has 0 aromatic heterocycles. The number of rotatable bonds is 3. The van der Waals surface area contributed by atoms with E-state index in [0.29, 0.717) is 6.61 Å². The van der Waals surface area contributed by atoms with Crippen molar-refractivity contribution >= 4 is 5.97 Å². The first-order chi connectivity index (χ1) is 9.77. The summed E-state index contributed by atoms with van der Waals surface area (Å²) >= 11 is 0. The summed E-state index contributed by atoms with van der Waals surface area (Å²) in [6.45, 7) is 2.48. The van der Waals surface area contributed by atoms with Gasteiger partial charge in [0.15, 0.2) is 0 Å². The van der Waals surface area contributed by atoms with E-state index in [4.69, 9.17) is 4.74 Å². The Morgan fingerprint density at radius 2 is 1.45 bits per heavy atom. The number of ether oxygens (including phenoxy) is 1. The molecule has 2 aromatic carbocycles. The number of hydrogen-bond donors (Lipinski definition) is 0. The fourth-order valence-corrected chi connectivity index (χ4v) is 3.02. The van der Waals surface area contributed by atoms with Crippen molar-refractivity contribution in [2.24, 2.45) is 11.8 Å². The van der Waals surface area contributed by atoms with Crippen molar-refractivity contribution in [3.05, 3.63) is 71.8 Å². The zero-order chi connectivity index (χ0) is 13.9. The van der Waals surface area contributed by atoms with Gasteiger partial charge >= 0.3 is 5.97 Å². The maximum atomic E-state index is 11.7. The van der Waals surface area contributed by atoms with Gasteiger partial charge in [0.25, 0.3) is 0 Å². The lowest BCUT2D eigenvalue weighted by Crippen LogP contribution is -2.21. The zero-order valence-corrected chi connectivity index (χ0v) is 11.5. The van der Waals surface area contributed by atoms with Gasteiger partial charge in [-0.15, -0.1) is 0 Å². The summed E-state index contributed by atoms with van der Waals surface area (Å²) in [6, 6.07) is 20.8. The van der Waals surface area contributed by atoms with Crippen molar-refractivity contribution in [2.75, 3.05) is 6.61 Å². The molecule has 0 spiro atoms. The molecule has 2 heteroatoms. The van der Waals surface area contributed by atoms with Crippen LogP contribution >= 0.6 is 0 Å². The topological polar surface area (TPSA) is 26.3 Å². The lowest BCUT2D eigenvalue weighted by molar-refractivity contribution is -0.140. The SMILES string of the molecule is C[C@@H]1C(=O)OC[C@H]1C(c1ccccc1)c1ccccc1. The van der Waals surface area contributed by atoms with Gasteiger partial charge in [0.05, 0.1) is 12.5 Å². The van der Waals surface area contributed by atoms with Crippen LogP contribution in [-0.4, -0.2) is 12.6 Å². The fourth-order valence-electron chi connectivity index (χ4n) is 3.02. The maximum absolute atomic E-state index is 11.7. The predicted molar refractivity (Wildman–Crippen MR) is 78.3 cm³/mol. The second kappa shape index (κ2) is 5.49. The van der Waals surface area contributed by atoms with Crippen LogP contribution in [0.4, 0.5) is 0 Å². The summed E-state index contributed by atoms with van der Waals surface area (Å²) in [4.78, 5) is 11.7. The van der Waals surface area contributed by atoms with Gasteiger partial charge in [0, 0.05) is 11.8 Å². The van der Waals surface area contributed by atoms with E-state index in [-0.39, 0.29) is 23.7 Å². The second-order valence-corrected chi connectivity index (χ2v) is 5.38. The summed E-state index contributed by atoms with van der Waals surface area (Å²) in [6.07, 6.45) is 0. The van der Waals surface area contributed by atoms with Crippen LogP contribution in [0, 0.1) is 11.8 Å². The molecule has 20 heavy (non-hydrogen) atoms. The number of cyclic esters (lactones) is 1. The lowest BCUT2D eigenvalue weighted by atomic mass is 9.76. The van der Waals surface area contributed by atoms with E-state index in [1.807, 2.05) is 43.3 Å². The third-order valence-electron chi connectivity index (χ3n) is 4.18. The van der Waals surface area contributed by atoms with E-state index in [1.165, 1.54) is 11.1 Å². The molecule has 0 unspecified atom stereocenters. The van der Waals surface area contributed by atoms with Gasteiger partial charge < -0.3 is 4.74 Å². The molecule has 1 aliphatic rings. The molecule has 2 atom stereocenters. The highest BCUT2D eigenvalue weighted by Gasteiger charge is 2.39. The van der Waals surface area contributed by atoms with Gasteiger partial charge in [-0.05, 0) is 11.1 Å². The number of carbonyl (C=O) groups excluding carboxylic acids is 1. The van der Waals surface area contributed by atoms with Crippen LogP contribution in [0.3, 0.4) is 0 Å². The molecule has 0 amide bonds. The molecule has 0 N–H and O–H groups in total. The second-order valence-electron chi connectivity index (χ2n) is 5.38. The molecule has 1 fully saturated rings. The highest BCUT2D eigenvalue weighted by atomic mass is 16.5. The minimum absolute atomic E-state index is 0.0552. The first-order valence-electron chi connectivity index (χ1n) is 7.04. The molecular weight excluding hydrogens is 248 g/mol. The molecule has 0 bridgehead atoms. The maximum Gasteiger partial charge on any atom is 0.309 e. The molecule has 1 aliphatic heterocycles. The standard InChI is InChI=1S/C18H18O2/c1-13-16(12-20-18(13)19)17(14-8-4-2-5-9-14)15-10-6-3-7-11-15/h2-11,13,16-17H,12H2,1H3/t13-,16+/m0/s1. The monoisotopic (exact) mass is 266 g/mol. The number of hydrogen-bond acceptors (Lipinski definition) is 2. The summed E-state index contributed by atoms with van der Waals surface area (Å²) in [5, 5.41) is 0. The highest BCUT2D eigenvalue weighted by Crippen LogP contribution is 2.39. The zero-order valence-electron chi connectivity index (χ0n) is 11.5. The van der Waals surface area contributed by atoms with Crippen LogP contribution in [0.15, 0.2) is 60.7 Å². The lowest BCUT2D eigenvalue weighted by Gasteiger charge is -2.25. The Morgan fingerprint density at radius 3 is 1.85 bits per heavy atom. The molecule has 0 radical (unpaired) electrons. The van der Waals surface area contributed by atoms with Gasteiger partial charge in [-0.25, -0.2) is 0 Å². The highest BCUT2D eigenvalue weighted by molar-refractivity contribution is 5.74. The Labute approximate surface area is 119 Å². The van der Waals surface area contributed by atoms with Crippen molar-refractivity contribution in [3.63, 3.8) is 0 Å². The van der Waals surface area contributed by atoms with E-state index in [9.17, 15) is 4.79 Å². The Bertz CT molecular complexity index is 537. The van der Waals surface area contributed by atoms with E-state index >= 15 is 0 Å². The van der Waals surface area contributed by atoms with Crippen molar-refractivity contribution in [1.82, 2.24) is 0 Å². The smallest absolute Gasteiger partial charge is 0.309 e. The third kappa shape index (κ3) is 2.34. The van der Waals surface area contributed by atoms with Gasteiger partial charge in [-0.3, -0.25) is 4.79 Å². The summed E-state index contributed by atoms with van der Waals surface area (Å²) < 4.78 is 5.26. The predicted octanol–water partition coefficient (Wildman–Crippen LogP) is 3.63. The Hall–Kier alpha value is -2.09. The normalized spacial score (nSPS) is 22.0. The van der Waals surface area contributed by atoms with Gasteiger partial charge in [0.2, 0.25) is 0 Å². The Morgan fingerprint density at radius 1 is 0.950 bits per heavy atom. The Balaban J connectivity index is 2.03. The van der Waals surface area contributed by atoms with Crippen molar-refractivity contribution in [2.45, 2.75) is 12.8 Å². The van der Waals surface area contributed by atoms with Crippen LogP contribution in [0.5, 0.6) is 0 Å². The van der Waals surface area contributed by atoms with Crippen LogP contribution in [0.25, 0.3) is 0 Å². The Kier molecular flexibility index (Phi) is 3.55. The van der Waals surface area contributed by atoms with Crippen molar-refractivity contribution in [1.29, 1.82) is 0 Å². The molecule has 102 valence electrons.